The summed E-state index contributed by atoms with van der Waals surface area (Å²) in [4.78, 5) is 16.4. The summed E-state index contributed by atoms with van der Waals surface area (Å²) in [6.45, 7) is 13.5. The molecule has 2 atom stereocenters. The maximum atomic E-state index is 6.21. The predicted octanol–water partition coefficient (Wildman–Crippen LogP) is 5.25. The molecule has 1 aliphatic rings. The number of hydrogen-bond donors (Lipinski definition) is 0. The molecule has 5 nitrogen and oxygen atoms in total. The quantitative estimate of drug-likeness (QED) is 0.575. The molecule has 0 bridgehead atoms. The monoisotopic (exact) mass is 410 g/mol. The van der Waals surface area contributed by atoms with Gasteiger partial charge in [-0.3, -0.25) is 9.88 Å². The van der Waals surface area contributed by atoms with Crippen LogP contribution >= 0.6 is 11.3 Å². The Kier molecular flexibility index (Phi) is 5.58. The van der Waals surface area contributed by atoms with Crippen molar-refractivity contribution in [2.24, 2.45) is 5.41 Å². The second-order valence-electron chi connectivity index (χ2n) is 8.73. The van der Waals surface area contributed by atoms with E-state index >= 15 is 0 Å². The van der Waals surface area contributed by atoms with Crippen LogP contribution in [0.2, 0.25) is 0 Å². The normalized spacial score (nSPS) is 21.4. The van der Waals surface area contributed by atoms with Crippen LogP contribution in [0.25, 0.3) is 10.3 Å². The molecule has 4 heterocycles. The zero-order chi connectivity index (χ0) is 20.6. The number of hydrogen-bond acceptors (Lipinski definition) is 6. The molecule has 6 heteroatoms. The van der Waals surface area contributed by atoms with Gasteiger partial charge in [0.2, 0.25) is 0 Å². The molecule has 1 fully saturated rings. The van der Waals surface area contributed by atoms with Crippen LogP contribution in [0.5, 0.6) is 5.75 Å². The van der Waals surface area contributed by atoms with Crippen LogP contribution in [-0.4, -0.2) is 39.5 Å². The summed E-state index contributed by atoms with van der Waals surface area (Å²) >= 11 is 1.71. The number of nitrogens with zero attached hydrogens (tertiary/aromatic N) is 4. The number of likely N-dealkylation sites (tertiary alicyclic amines) is 1. The van der Waals surface area contributed by atoms with E-state index in [1.807, 2.05) is 32.9 Å². The van der Waals surface area contributed by atoms with E-state index in [-0.39, 0.29) is 11.5 Å². The van der Waals surface area contributed by atoms with Crippen molar-refractivity contribution in [1.82, 2.24) is 19.9 Å². The van der Waals surface area contributed by atoms with E-state index in [0.29, 0.717) is 0 Å². The van der Waals surface area contributed by atoms with Crippen molar-refractivity contribution in [3.05, 3.63) is 46.4 Å². The third kappa shape index (κ3) is 4.59. The van der Waals surface area contributed by atoms with Crippen molar-refractivity contribution in [2.75, 3.05) is 19.7 Å². The zero-order valence-electron chi connectivity index (χ0n) is 18.0. The Bertz CT molecular complexity index is 997. The highest BCUT2D eigenvalue weighted by atomic mass is 32.1. The Morgan fingerprint density at radius 1 is 1.14 bits per heavy atom. The number of piperidine rings is 1. The first-order valence-corrected chi connectivity index (χ1v) is 11.2. The summed E-state index contributed by atoms with van der Waals surface area (Å²) in [7, 11) is 0. The Morgan fingerprint density at radius 3 is 2.66 bits per heavy atom. The molecule has 154 valence electrons. The first-order valence-electron chi connectivity index (χ1n) is 10.4. The second-order valence-corrected chi connectivity index (χ2v) is 9.96. The molecule has 3 aromatic heterocycles. The van der Waals surface area contributed by atoms with Gasteiger partial charge in [-0.05, 0) is 59.2 Å². The van der Waals surface area contributed by atoms with Gasteiger partial charge in [-0.1, -0.05) is 6.92 Å². The molecule has 3 aromatic rings. The number of aromatic nitrogens is 3. The van der Waals surface area contributed by atoms with Gasteiger partial charge in [0, 0.05) is 41.5 Å². The smallest absolute Gasteiger partial charge is 0.170 e. The highest BCUT2D eigenvalue weighted by molar-refractivity contribution is 7.18. The van der Waals surface area contributed by atoms with Crippen LogP contribution in [-0.2, 0) is 0 Å². The Hall–Kier alpha value is -2.05. The van der Waals surface area contributed by atoms with Crippen LogP contribution < -0.4 is 4.74 Å². The summed E-state index contributed by atoms with van der Waals surface area (Å²) in [5.41, 5.74) is 4.11. The van der Waals surface area contributed by atoms with Gasteiger partial charge in [-0.2, -0.15) is 0 Å². The number of rotatable bonds is 5. The summed E-state index contributed by atoms with van der Waals surface area (Å²) in [5.74, 6) is 0.924. The van der Waals surface area contributed by atoms with Gasteiger partial charge in [0.05, 0.1) is 22.0 Å². The molecule has 0 spiro atoms. The largest absolute Gasteiger partial charge is 0.493 e. The average Bonchev–Trinajstić information content (AvgIpc) is 3.04. The van der Waals surface area contributed by atoms with Crippen molar-refractivity contribution in [3.63, 3.8) is 0 Å². The maximum Gasteiger partial charge on any atom is 0.170 e. The van der Waals surface area contributed by atoms with Crippen molar-refractivity contribution in [2.45, 2.75) is 53.5 Å². The molecular weight excluding hydrogens is 380 g/mol. The average molecular weight is 411 g/mol. The molecule has 29 heavy (non-hydrogen) atoms. The van der Waals surface area contributed by atoms with Gasteiger partial charge >= 0.3 is 0 Å². The van der Waals surface area contributed by atoms with E-state index in [9.17, 15) is 0 Å². The van der Waals surface area contributed by atoms with Crippen LogP contribution in [0, 0.1) is 26.2 Å². The van der Waals surface area contributed by atoms with Gasteiger partial charge in [-0.15, -0.1) is 11.3 Å². The third-order valence-electron chi connectivity index (χ3n) is 5.81. The summed E-state index contributed by atoms with van der Waals surface area (Å²) in [5, 5.41) is 1.07. The minimum atomic E-state index is 0.124. The third-order valence-corrected chi connectivity index (χ3v) is 6.74. The molecule has 4 rings (SSSR count). The molecule has 0 radical (unpaired) electrons. The minimum Gasteiger partial charge on any atom is -0.493 e. The molecule has 1 unspecified atom stereocenters. The van der Waals surface area contributed by atoms with Gasteiger partial charge in [-0.25, -0.2) is 9.97 Å². The first kappa shape index (κ1) is 20.2. The van der Waals surface area contributed by atoms with Gasteiger partial charge in [0.1, 0.15) is 5.75 Å². The molecule has 0 saturated carbocycles. The fourth-order valence-electron chi connectivity index (χ4n) is 4.30. The Labute approximate surface area is 177 Å². The van der Waals surface area contributed by atoms with E-state index in [2.05, 4.69) is 40.8 Å². The number of fused-ring (bicyclic) bond motifs is 1. The lowest BCUT2D eigenvalue weighted by atomic mass is 9.82. The fourth-order valence-corrected chi connectivity index (χ4v) is 5.07. The van der Waals surface area contributed by atoms with Crippen molar-refractivity contribution < 1.29 is 4.74 Å². The molecule has 1 aliphatic heterocycles. The lowest BCUT2D eigenvalue weighted by Gasteiger charge is -2.42. The molecule has 0 amide bonds. The summed E-state index contributed by atoms with van der Waals surface area (Å²) in [6.07, 6.45) is 2.35. The predicted molar refractivity (Wildman–Crippen MR) is 119 cm³/mol. The number of thiazole rings is 1. The lowest BCUT2D eigenvalue weighted by Crippen LogP contribution is -2.45. The molecule has 0 aromatic carbocycles. The highest BCUT2D eigenvalue weighted by Crippen LogP contribution is 2.35. The van der Waals surface area contributed by atoms with Crippen molar-refractivity contribution in [1.29, 1.82) is 0 Å². The molecule has 1 saturated heterocycles. The van der Waals surface area contributed by atoms with E-state index in [0.717, 1.165) is 53.2 Å². The fraction of sp³-hybridized carbons (Fsp3) is 0.522. The van der Waals surface area contributed by atoms with Gasteiger partial charge in [0.15, 0.2) is 5.65 Å². The van der Waals surface area contributed by atoms with E-state index in [1.54, 1.807) is 11.3 Å². The molecule has 0 aliphatic carbocycles. The van der Waals surface area contributed by atoms with Crippen LogP contribution in [0.15, 0.2) is 24.3 Å². The van der Waals surface area contributed by atoms with Gasteiger partial charge in [0.25, 0.3) is 0 Å². The van der Waals surface area contributed by atoms with Gasteiger partial charge < -0.3 is 4.74 Å². The summed E-state index contributed by atoms with van der Waals surface area (Å²) < 4.78 is 7.38. The van der Waals surface area contributed by atoms with Crippen LogP contribution in [0.4, 0.5) is 0 Å². The number of pyridine rings is 2. The van der Waals surface area contributed by atoms with E-state index < -0.39 is 0 Å². The number of ether oxygens (including phenoxy) is 1. The highest BCUT2D eigenvalue weighted by Gasteiger charge is 2.34. The molecular formula is C23H30N4OS. The minimum absolute atomic E-state index is 0.124. The van der Waals surface area contributed by atoms with Crippen molar-refractivity contribution in [3.8, 4) is 5.75 Å². The number of aryl methyl sites for hydroxylation is 3. The maximum absolute atomic E-state index is 6.21. The Morgan fingerprint density at radius 2 is 1.90 bits per heavy atom. The van der Waals surface area contributed by atoms with Crippen LogP contribution in [0.1, 0.15) is 54.8 Å². The molecule has 0 N–H and O–H groups in total. The zero-order valence-corrected chi connectivity index (χ0v) is 18.8. The first-order chi connectivity index (χ1) is 13.8. The SMILES string of the molecule is Cc1cc(OC[C@]2(C)CCCN(C(C)c3ccc4sc(C)nc4n3)C2)cc(C)n1. The van der Waals surface area contributed by atoms with Crippen LogP contribution in [0.3, 0.4) is 0 Å². The standard InChI is InChI=1S/C23H30N4OS/c1-15-11-19(12-16(2)24-15)28-14-23(5)9-6-10-27(13-23)17(3)20-7-8-21-22(26-20)25-18(4)29-21/h7-8,11-12,17H,6,9-10,13-14H2,1-5H3/t17?,23-/m1/s1. The van der Waals surface area contributed by atoms with E-state index in [1.165, 1.54) is 17.5 Å². The van der Waals surface area contributed by atoms with Crippen molar-refractivity contribution >= 4 is 21.7 Å². The topological polar surface area (TPSA) is 51.1 Å². The Balaban J connectivity index is 1.45. The summed E-state index contributed by atoms with van der Waals surface area (Å²) in [6, 6.07) is 8.64. The van der Waals surface area contributed by atoms with E-state index in [4.69, 9.17) is 9.72 Å². The lowest BCUT2D eigenvalue weighted by molar-refractivity contribution is 0.0352. The second kappa shape index (κ2) is 8.00.